The van der Waals surface area contributed by atoms with E-state index in [0.29, 0.717) is 27.0 Å². The number of methoxy groups -OCH3 is 2. The molecule has 0 radical (unpaired) electrons. The zero-order valence-corrected chi connectivity index (χ0v) is 17.3. The summed E-state index contributed by atoms with van der Waals surface area (Å²) in [6.45, 7) is -0.240. The van der Waals surface area contributed by atoms with E-state index >= 15 is 0 Å². The third kappa shape index (κ3) is 4.85. The molecule has 2 aromatic carbocycles. The molecule has 0 aliphatic heterocycles. The molecule has 2 amide bonds. The largest absolute Gasteiger partial charge is 0.497 e. The van der Waals surface area contributed by atoms with Crippen LogP contribution in [0.25, 0.3) is 10.1 Å². The van der Waals surface area contributed by atoms with Gasteiger partial charge in [0.05, 0.1) is 32.0 Å². The lowest BCUT2D eigenvalue weighted by Gasteiger charge is -2.07. The molecular weight excluding hydrogens is 414 g/mol. The van der Waals surface area contributed by atoms with Crippen molar-refractivity contribution in [3.05, 3.63) is 57.9 Å². The summed E-state index contributed by atoms with van der Waals surface area (Å²) >= 11 is 7.55. The first kappa shape index (κ1) is 20.6. The van der Waals surface area contributed by atoms with Gasteiger partial charge in [0.25, 0.3) is 11.8 Å². The topological polar surface area (TPSA) is 89.0 Å². The van der Waals surface area contributed by atoms with Crippen LogP contribution in [0.2, 0.25) is 5.02 Å². The Labute approximate surface area is 176 Å². The number of hydrazone groups is 1. The van der Waals surface area contributed by atoms with Crippen molar-refractivity contribution in [2.45, 2.75) is 0 Å². The zero-order valence-electron chi connectivity index (χ0n) is 15.7. The van der Waals surface area contributed by atoms with E-state index in [2.05, 4.69) is 15.8 Å². The van der Waals surface area contributed by atoms with Gasteiger partial charge in [-0.25, -0.2) is 5.43 Å². The highest BCUT2D eigenvalue weighted by atomic mass is 35.5. The lowest BCUT2D eigenvalue weighted by atomic mass is 10.2. The molecule has 3 rings (SSSR count). The molecule has 1 heterocycles. The molecule has 3 aromatic rings. The maximum atomic E-state index is 12.4. The van der Waals surface area contributed by atoms with Crippen LogP contribution in [-0.4, -0.2) is 38.8 Å². The third-order valence-electron chi connectivity index (χ3n) is 3.98. The van der Waals surface area contributed by atoms with Crippen LogP contribution in [0.1, 0.15) is 15.2 Å². The average Bonchev–Trinajstić information content (AvgIpc) is 3.08. The molecule has 29 heavy (non-hydrogen) atoms. The number of thiophene rings is 1. The van der Waals surface area contributed by atoms with Gasteiger partial charge in [-0.3, -0.25) is 9.59 Å². The predicted octanol–water partition coefficient (Wildman–Crippen LogP) is 3.45. The number of hydrogen-bond acceptors (Lipinski definition) is 6. The fraction of sp³-hybridized carbons (Fsp3) is 0.150. The van der Waals surface area contributed by atoms with Crippen LogP contribution in [-0.2, 0) is 4.79 Å². The number of amides is 2. The lowest BCUT2D eigenvalue weighted by Crippen LogP contribution is -2.34. The number of fused-ring (bicyclic) bond motifs is 1. The highest BCUT2D eigenvalue weighted by Crippen LogP contribution is 2.34. The summed E-state index contributed by atoms with van der Waals surface area (Å²) in [4.78, 5) is 24.7. The number of halogens is 1. The van der Waals surface area contributed by atoms with Crippen LogP contribution in [0.5, 0.6) is 11.5 Å². The van der Waals surface area contributed by atoms with Crippen molar-refractivity contribution in [2.75, 3.05) is 20.8 Å². The minimum absolute atomic E-state index is 0.240. The summed E-state index contributed by atoms with van der Waals surface area (Å²) in [5.74, 6) is 0.320. The second-order valence-corrected chi connectivity index (χ2v) is 7.26. The van der Waals surface area contributed by atoms with Crippen molar-refractivity contribution in [3.8, 4) is 11.5 Å². The Morgan fingerprint density at radius 1 is 1.17 bits per heavy atom. The molecule has 0 aliphatic carbocycles. The van der Waals surface area contributed by atoms with Gasteiger partial charge in [-0.15, -0.1) is 11.3 Å². The van der Waals surface area contributed by atoms with E-state index < -0.39 is 11.8 Å². The maximum Gasteiger partial charge on any atom is 0.263 e. The monoisotopic (exact) mass is 431 g/mol. The van der Waals surface area contributed by atoms with Crippen LogP contribution in [0.4, 0.5) is 0 Å². The van der Waals surface area contributed by atoms with Gasteiger partial charge in [0.1, 0.15) is 16.4 Å². The first-order valence-electron chi connectivity index (χ1n) is 8.52. The van der Waals surface area contributed by atoms with Gasteiger partial charge in [-0.1, -0.05) is 29.8 Å². The van der Waals surface area contributed by atoms with Gasteiger partial charge >= 0.3 is 0 Å². The summed E-state index contributed by atoms with van der Waals surface area (Å²) in [6, 6.07) is 12.7. The van der Waals surface area contributed by atoms with Crippen LogP contribution in [0, 0.1) is 0 Å². The Morgan fingerprint density at radius 3 is 2.69 bits per heavy atom. The molecule has 7 nitrogen and oxygen atoms in total. The van der Waals surface area contributed by atoms with Gasteiger partial charge in [0, 0.05) is 15.6 Å². The Balaban J connectivity index is 1.58. The standard InChI is InChI=1S/C20H18ClN3O4S/c1-27-13-7-8-15(28-2)12(9-13)10-23-24-17(25)11-22-20(26)19-18(21)14-5-3-4-6-16(14)29-19/h3-10H,11H2,1-2H3,(H,22,26)(H,24,25)/b23-10+. The fourth-order valence-corrected chi connectivity index (χ4v) is 3.99. The highest BCUT2D eigenvalue weighted by molar-refractivity contribution is 7.21. The van der Waals surface area contributed by atoms with Crippen LogP contribution >= 0.6 is 22.9 Å². The molecule has 1 aromatic heterocycles. The number of rotatable bonds is 7. The fourth-order valence-electron chi connectivity index (χ4n) is 2.55. The zero-order chi connectivity index (χ0) is 20.8. The lowest BCUT2D eigenvalue weighted by molar-refractivity contribution is -0.120. The molecule has 0 aliphatic rings. The van der Waals surface area contributed by atoms with E-state index in [9.17, 15) is 9.59 Å². The number of hydrogen-bond donors (Lipinski definition) is 2. The van der Waals surface area contributed by atoms with Crippen molar-refractivity contribution < 1.29 is 19.1 Å². The molecule has 0 saturated heterocycles. The summed E-state index contributed by atoms with van der Waals surface area (Å²) in [6.07, 6.45) is 1.43. The maximum absolute atomic E-state index is 12.4. The molecule has 0 bridgehead atoms. The number of carbonyl (C=O) groups is 2. The van der Waals surface area contributed by atoms with E-state index in [4.69, 9.17) is 21.1 Å². The molecule has 0 fully saturated rings. The first-order valence-corrected chi connectivity index (χ1v) is 9.72. The van der Waals surface area contributed by atoms with Gasteiger partial charge in [0.2, 0.25) is 0 Å². The van der Waals surface area contributed by atoms with Crippen LogP contribution in [0.3, 0.4) is 0 Å². The number of nitrogens with zero attached hydrogens (tertiary/aromatic N) is 1. The Bertz CT molecular complexity index is 1080. The van der Waals surface area contributed by atoms with E-state index in [1.807, 2.05) is 24.3 Å². The van der Waals surface area contributed by atoms with E-state index in [0.717, 1.165) is 10.1 Å². The second kappa shape index (κ2) is 9.40. The average molecular weight is 432 g/mol. The summed E-state index contributed by atoms with van der Waals surface area (Å²) in [5, 5.41) is 7.63. The van der Waals surface area contributed by atoms with E-state index in [-0.39, 0.29) is 6.54 Å². The molecular formula is C20H18ClN3O4S. The molecule has 150 valence electrons. The Morgan fingerprint density at radius 2 is 1.97 bits per heavy atom. The number of nitrogens with one attached hydrogen (secondary N) is 2. The van der Waals surface area contributed by atoms with Crippen molar-refractivity contribution in [1.82, 2.24) is 10.7 Å². The van der Waals surface area contributed by atoms with Gasteiger partial charge in [0.15, 0.2) is 0 Å². The second-order valence-electron chi connectivity index (χ2n) is 5.83. The highest BCUT2D eigenvalue weighted by Gasteiger charge is 2.17. The van der Waals surface area contributed by atoms with Crippen molar-refractivity contribution >= 4 is 51.1 Å². The molecule has 0 unspecified atom stereocenters. The minimum atomic E-state index is -0.478. The minimum Gasteiger partial charge on any atom is -0.497 e. The summed E-state index contributed by atoms with van der Waals surface area (Å²) in [5.41, 5.74) is 2.99. The Hall–Kier alpha value is -3.10. The molecule has 9 heteroatoms. The van der Waals surface area contributed by atoms with Gasteiger partial charge < -0.3 is 14.8 Å². The first-order chi connectivity index (χ1) is 14.0. The van der Waals surface area contributed by atoms with Crippen LogP contribution < -0.4 is 20.2 Å². The number of carbonyl (C=O) groups excluding carboxylic acids is 2. The smallest absolute Gasteiger partial charge is 0.263 e. The van der Waals surface area contributed by atoms with Crippen molar-refractivity contribution in [2.24, 2.45) is 5.10 Å². The molecule has 0 saturated carbocycles. The Kier molecular flexibility index (Phi) is 6.69. The number of ether oxygens (including phenoxy) is 2. The van der Waals surface area contributed by atoms with E-state index in [1.54, 1.807) is 25.3 Å². The van der Waals surface area contributed by atoms with E-state index in [1.165, 1.54) is 24.7 Å². The SMILES string of the molecule is COc1ccc(OC)c(/C=N/NC(=O)CNC(=O)c2sc3ccccc3c2Cl)c1. The van der Waals surface area contributed by atoms with Gasteiger partial charge in [-0.05, 0) is 24.3 Å². The quantitative estimate of drug-likeness (QED) is 0.443. The third-order valence-corrected chi connectivity index (χ3v) is 5.65. The molecule has 2 N–H and O–H groups in total. The number of benzene rings is 2. The van der Waals surface area contributed by atoms with Crippen LogP contribution in [0.15, 0.2) is 47.6 Å². The molecule has 0 spiro atoms. The van der Waals surface area contributed by atoms with Crippen molar-refractivity contribution in [3.63, 3.8) is 0 Å². The summed E-state index contributed by atoms with van der Waals surface area (Å²) < 4.78 is 11.3. The van der Waals surface area contributed by atoms with Crippen molar-refractivity contribution in [1.29, 1.82) is 0 Å². The normalized spacial score (nSPS) is 10.9. The summed E-state index contributed by atoms with van der Waals surface area (Å²) in [7, 11) is 3.09. The molecule has 0 atom stereocenters. The predicted molar refractivity (Wildman–Crippen MR) is 114 cm³/mol. The van der Waals surface area contributed by atoms with Gasteiger partial charge in [-0.2, -0.15) is 5.10 Å².